The van der Waals surface area contributed by atoms with Gasteiger partial charge in [0.05, 0.1) is 4.92 Å². The molecule has 0 radical (unpaired) electrons. The molecule has 6 nitrogen and oxygen atoms in total. The van der Waals surface area contributed by atoms with Gasteiger partial charge in [0, 0.05) is 24.3 Å². The Hall–Kier alpha value is -1.82. The lowest BCUT2D eigenvalue weighted by Gasteiger charge is -2.11. The summed E-state index contributed by atoms with van der Waals surface area (Å²) in [6, 6.07) is 5.33. The number of nitrogens with zero attached hydrogens (tertiary/aromatic N) is 1. The van der Waals surface area contributed by atoms with Crippen LogP contribution in [0.15, 0.2) is 18.2 Å². The predicted molar refractivity (Wildman–Crippen MR) is 71.6 cm³/mol. The van der Waals surface area contributed by atoms with Gasteiger partial charge >= 0.3 is 0 Å². The van der Waals surface area contributed by atoms with E-state index in [4.69, 9.17) is 5.73 Å². The highest BCUT2D eigenvalue weighted by Gasteiger charge is 2.14. The van der Waals surface area contributed by atoms with Crippen molar-refractivity contribution < 1.29 is 4.92 Å². The van der Waals surface area contributed by atoms with Crippen molar-refractivity contribution in [3.8, 4) is 0 Å². The van der Waals surface area contributed by atoms with Crippen LogP contribution in [0, 0.1) is 10.1 Å². The van der Waals surface area contributed by atoms with Crippen LogP contribution in [-0.4, -0.2) is 24.1 Å². The molecule has 0 unspecified atom stereocenters. The third kappa shape index (κ3) is 3.10. The van der Waals surface area contributed by atoms with Crippen molar-refractivity contribution in [2.45, 2.75) is 25.3 Å². The molecule has 18 heavy (non-hydrogen) atoms. The molecule has 1 aliphatic heterocycles. The number of rotatable bonds is 5. The Bertz CT molecular complexity index is 430. The van der Waals surface area contributed by atoms with E-state index in [-0.39, 0.29) is 11.4 Å². The molecule has 0 aromatic heterocycles. The van der Waals surface area contributed by atoms with Crippen molar-refractivity contribution >= 4 is 17.1 Å². The second-order valence-corrected chi connectivity index (χ2v) is 4.54. The highest BCUT2D eigenvalue weighted by molar-refractivity contribution is 5.65. The van der Waals surface area contributed by atoms with Crippen molar-refractivity contribution in [2.75, 3.05) is 24.1 Å². The third-order valence-corrected chi connectivity index (χ3v) is 3.21. The molecule has 1 atom stereocenters. The molecule has 1 aliphatic rings. The maximum absolute atomic E-state index is 10.6. The number of hydrogen-bond donors (Lipinski definition) is 3. The van der Waals surface area contributed by atoms with Gasteiger partial charge < -0.3 is 16.4 Å². The predicted octanol–water partition coefficient (Wildman–Crippen LogP) is 1.73. The normalized spacial score (nSPS) is 18.8. The molecule has 0 aliphatic carbocycles. The van der Waals surface area contributed by atoms with Gasteiger partial charge in [-0.1, -0.05) is 0 Å². The standard InChI is InChI=1S/C12H18N4O2/c13-11-8-10(3-4-12(11)16(17)18)15-7-5-9-2-1-6-14-9/h3-4,8-9,14-15H,1-2,5-7,13H2/t9-/m1/s1. The van der Waals surface area contributed by atoms with Crippen LogP contribution in [0.25, 0.3) is 0 Å². The monoisotopic (exact) mass is 250 g/mol. The summed E-state index contributed by atoms with van der Waals surface area (Å²) in [7, 11) is 0. The number of nitrogens with two attached hydrogens (primary N) is 1. The van der Waals surface area contributed by atoms with Gasteiger partial charge in [0.1, 0.15) is 5.69 Å². The average molecular weight is 250 g/mol. The minimum Gasteiger partial charge on any atom is -0.393 e. The number of benzene rings is 1. The van der Waals surface area contributed by atoms with Gasteiger partial charge in [-0.3, -0.25) is 10.1 Å². The molecule has 0 spiro atoms. The molecule has 0 saturated carbocycles. The SMILES string of the molecule is Nc1cc(NCC[C@H]2CCCN2)ccc1[N+](=O)[O-]. The fraction of sp³-hybridized carbons (Fsp3) is 0.500. The number of nitrogens with one attached hydrogen (secondary N) is 2. The number of hydrogen-bond acceptors (Lipinski definition) is 5. The molecule has 1 aromatic carbocycles. The molecule has 1 heterocycles. The van der Waals surface area contributed by atoms with E-state index in [1.807, 2.05) is 0 Å². The summed E-state index contributed by atoms with van der Waals surface area (Å²) >= 11 is 0. The molecule has 1 aromatic rings. The number of nitro benzene ring substituents is 1. The minimum atomic E-state index is -0.471. The van der Waals surface area contributed by atoms with Gasteiger partial charge in [0.2, 0.25) is 0 Å². The summed E-state index contributed by atoms with van der Waals surface area (Å²) in [6.45, 7) is 1.95. The summed E-state index contributed by atoms with van der Waals surface area (Å²) < 4.78 is 0. The maximum Gasteiger partial charge on any atom is 0.292 e. The zero-order chi connectivity index (χ0) is 13.0. The Kier molecular flexibility index (Phi) is 3.99. The van der Waals surface area contributed by atoms with E-state index in [9.17, 15) is 10.1 Å². The van der Waals surface area contributed by atoms with Gasteiger partial charge in [-0.15, -0.1) is 0 Å². The highest BCUT2D eigenvalue weighted by Crippen LogP contribution is 2.24. The van der Waals surface area contributed by atoms with Crippen molar-refractivity contribution in [3.63, 3.8) is 0 Å². The molecule has 1 saturated heterocycles. The second-order valence-electron chi connectivity index (χ2n) is 4.54. The fourth-order valence-corrected chi connectivity index (χ4v) is 2.22. The van der Waals surface area contributed by atoms with E-state index < -0.39 is 4.92 Å². The van der Waals surface area contributed by atoms with Crippen molar-refractivity contribution in [2.24, 2.45) is 0 Å². The van der Waals surface area contributed by atoms with Crippen molar-refractivity contribution in [1.82, 2.24) is 5.32 Å². The first kappa shape index (κ1) is 12.6. The summed E-state index contributed by atoms with van der Waals surface area (Å²) in [5.74, 6) is 0. The highest BCUT2D eigenvalue weighted by atomic mass is 16.6. The van der Waals surface area contributed by atoms with Crippen LogP contribution in [0.3, 0.4) is 0 Å². The van der Waals surface area contributed by atoms with Crippen LogP contribution < -0.4 is 16.4 Å². The summed E-state index contributed by atoms with van der Waals surface area (Å²) in [4.78, 5) is 10.1. The third-order valence-electron chi connectivity index (χ3n) is 3.21. The summed E-state index contributed by atoms with van der Waals surface area (Å²) in [5.41, 5.74) is 6.61. The van der Waals surface area contributed by atoms with Crippen LogP contribution in [0.5, 0.6) is 0 Å². The second kappa shape index (κ2) is 5.68. The topological polar surface area (TPSA) is 93.2 Å². The molecular formula is C12H18N4O2. The molecule has 98 valence electrons. The van der Waals surface area contributed by atoms with Crippen LogP contribution in [0.4, 0.5) is 17.1 Å². The van der Waals surface area contributed by atoms with E-state index in [0.717, 1.165) is 25.2 Å². The smallest absolute Gasteiger partial charge is 0.292 e. The van der Waals surface area contributed by atoms with Crippen LogP contribution >= 0.6 is 0 Å². The van der Waals surface area contributed by atoms with Crippen LogP contribution in [0.2, 0.25) is 0 Å². The Labute approximate surface area is 106 Å². The van der Waals surface area contributed by atoms with Gasteiger partial charge in [-0.05, 0) is 37.9 Å². The fourth-order valence-electron chi connectivity index (χ4n) is 2.22. The van der Waals surface area contributed by atoms with Crippen molar-refractivity contribution in [1.29, 1.82) is 0 Å². The molecule has 2 rings (SSSR count). The van der Waals surface area contributed by atoms with E-state index >= 15 is 0 Å². The molecule has 0 amide bonds. The molecule has 0 bridgehead atoms. The lowest BCUT2D eigenvalue weighted by Crippen LogP contribution is -2.24. The first-order valence-corrected chi connectivity index (χ1v) is 6.18. The minimum absolute atomic E-state index is 0.0435. The largest absolute Gasteiger partial charge is 0.393 e. The number of anilines is 2. The molecule has 1 fully saturated rings. The Morgan fingerprint density at radius 3 is 3.00 bits per heavy atom. The Balaban J connectivity index is 1.85. The zero-order valence-electron chi connectivity index (χ0n) is 10.2. The van der Waals surface area contributed by atoms with Crippen LogP contribution in [-0.2, 0) is 0 Å². The summed E-state index contributed by atoms with van der Waals surface area (Å²) in [6.07, 6.45) is 3.52. The average Bonchev–Trinajstić information content (AvgIpc) is 2.81. The van der Waals surface area contributed by atoms with E-state index in [0.29, 0.717) is 6.04 Å². The zero-order valence-corrected chi connectivity index (χ0v) is 10.2. The first-order valence-electron chi connectivity index (χ1n) is 6.18. The van der Waals surface area contributed by atoms with E-state index in [2.05, 4.69) is 10.6 Å². The summed E-state index contributed by atoms with van der Waals surface area (Å²) in [5, 5.41) is 17.3. The van der Waals surface area contributed by atoms with Gasteiger partial charge in [0.25, 0.3) is 5.69 Å². The van der Waals surface area contributed by atoms with E-state index in [1.165, 1.54) is 18.9 Å². The Morgan fingerprint density at radius 2 is 2.39 bits per heavy atom. The van der Waals surface area contributed by atoms with Gasteiger partial charge in [0.15, 0.2) is 0 Å². The van der Waals surface area contributed by atoms with Crippen LogP contribution in [0.1, 0.15) is 19.3 Å². The molecular weight excluding hydrogens is 232 g/mol. The molecule has 4 N–H and O–H groups in total. The number of nitrogen functional groups attached to an aromatic ring is 1. The maximum atomic E-state index is 10.6. The lowest BCUT2D eigenvalue weighted by atomic mass is 10.1. The van der Waals surface area contributed by atoms with Gasteiger partial charge in [-0.2, -0.15) is 0 Å². The van der Waals surface area contributed by atoms with Crippen molar-refractivity contribution in [3.05, 3.63) is 28.3 Å². The first-order chi connectivity index (χ1) is 8.66. The Morgan fingerprint density at radius 1 is 1.56 bits per heavy atom. The van der Waals surface area contributed by atoms with E-state index in [1.54, 1.807) is 12.1 Å². The molecule has 6 heteroatoms. The van der Waals surface area contributed by atoms with Gasteiger partial charge in [-0.25, -0.2) is 0 Å². The quantitative estimate of drug-likeness (QED) is 0.420. The number of nitro groups is 1. The lowest BCUT2D eigenvalue weighted by molar-refractivity contribution is -0.383.